The Balaban J connectivity index is 2.51. The molecule has 0 aliphatic heterocycles. The lowest BCUT2D eigenvalue weighted by Crippen LogP contribution is -2.41. The summed E-state index contributed by atoms with van der Waals surface area (Å²) in [4.78, 5) is 22.7. The second-order valence-electron chi connectivity index (χ2n) is 4.54. The van der Waals surface area contributed by atoms with E-state index in [0.29, 0.717) is 0 Å². The summed E-state index contributed by atoms with van der Waals surface area (Å²) < 4.78 is 69.4. The van der Waals surface area contributed by atoms with E-state index in [2.05, 4.69) is 4.74 Å². The van der Waals surface area contributed by atoms with Gasteiger partial charge < -0.3 is 9.47 Å². The fraction of sp³-hybridized carbons (Fsp3) is 0.385. The molecule has 0 unspecified atom stereocenters. The Morgan fingerprint density at radius 2 is 1.40 bits per heavy atom. The normalized spacial score (nSPS) is 12.0. The molecule has 0 aromatic heterocycles. The molecule has 0 fully saturated rings. The molecule has 0 N–H and O–H groups in total. The molecule has 4 nitrogen and oxygen atoms in total. The molecule has 0 spiro atoms. The zero-order valence-electron chi connectivity index (χ0n) is 11.9. The van der Waals surface area contributed by atoms with E-state index in [1.165, 1.54) is 12.1 Å². The Morgan fingerprint density at radius 3 is 1.88 bits per heavy atom. The molecule has 0 radical (unpaired) electrons. The summed E-state index contributed by atoms with van der Waals surface area (Å²) in [5.41, 5.74) is 0. The quantitative estimate of drug-likeness (QED) is 0.360. The molecule has 0 atom stereocenters. The molecule has 1 rings (SSSR count). The Bertz CT molecular complexity index is 641. The average molecular weight is 430 g/mol. The molecule has 0 aliphatic rings. The SMILES string of the molecule is O=C(CCC(=O)Oc1c(Cl)cc(Cl)cc1Cl)OCC(F)(F)C(F)(F)F. The highest BCUT2D eigenvalue weighted by atomic mass is 35.5. The minimum atomic E-state index is -5.85. The van der Waals surface area contributed by atoms with Gasteiger partial charge in [0.05, 0.1) is 22.9 Å². The molecule has 0 heterocycles. The molecule has 0 aliphatic carbocycles. The highest BCUT2D eigenvalue weighted by molar-refractivity contribution is 6.40. The first-order valence-corrected chi connectivity index (χ1v) is 7.42. The Kier molecular flexibility index (Phi) is 7.28. The van der Waals surface area contributed by atoms with Crippen molar-refractivity contribution >= 4 is 46.7 Å². The van der Waals surface area contributed by atoms with Crippen molar-refractivity contribution in [2.45, 2.75) is 24.9 Å². The van der Waals surface area contributed by atoms with Gasteiger partial charge in [0.2, 0.25) is 0 Å². The number of rotatable bonds is 6. The number of hydrogen-bond acceptors (Lipinski definition) is 4. The lowest BCUT2D eigenvalue weighted by molar-refractivity contribution is -0.294. The first-order valence-electron chi connectivity index (χ1n) is 6.29. The summed E-state index contributed by atoms with van der Waals surface area (Å²) in [7, 11) is 0. The zero-order valence-corrected chi connectivity index (χ0v) is 14.2. The number of carbonyl (C=O) groups excluding carboxylic acids is 2. The van der Waals surface area contributed by atoms with Gasteiger partial charge in [-0.2, -0.15) is 22.0 Å². The van der Waals surface area contributed by atoms with Gasteiger partial charge in [0.1, 0.15) is 0 Å². The fourth-order valence-corrected chi connectivity index (χ4v) is 2.21. The van der Waals surface area contributed by atoms with E-state index in [1.54, 1.807) is 0 Å². The Labute approximate surface area is 152 Å². The van der Waals surface area contributed by atoms with Crippen LogP contribution in [0.2, 0.25) is 15.1 Å². The molecular weight excluding hydrogens is 421 g/mol. The van der Waals surface area contributed by atoms with Crippen LogP contribution in [-0.2, 0) is 14.3 Å². The van der Waals surface area contributed by atoms with Crippen molar-refractivity contribution in [3.8, 4) is 5.75 Å². The van der Waals surface area contributed by atoms with Crippen LogP contribution in [0, 0.1) is 0 Å². The van der Waals surface area contributed by atoms with Crippen LogP contribution >= 0.6 is 34.8 Å². The molecule has 0 saturated heterocycles. The number of carbonyl (C=O) groups is 2. The lowest BCUT2D eigenvalue weighted by atomic mass is 10.3. The van der Waals surface area contributed by atoms with E-state index in [1.807, 2.05) is 0 Å². The standard InChI is InChI=1S/C13H8Cl3F5O4/c14-6-3-7(15)11(8(16)4-6)25-10(23)2-1-9(22)24-5-12(17,18)13(19,20)21/h3-4H,1-2,5H2. The number of hydrogen-bond donors (Lipinski definition) is 0. The topological polar surface area (TPSA) is 52.6 Å². The van der Waals surface area contributed by atoms with E-state index < -0.39 is 43.5 Å². The summed E-state index contributed by atoms with van der Waals surface area (Å²) in [6.45, 7) is -2.18. The van der Waals surface area contributed by atoms with Gasteiger partial charge in [-0.25, -0.2) is 0 Å². The highest BCUT2D eigenvalue weighted by Crippen LogP contribution is 2.36. The first-order chi connectivity index (χ1) is 11.3. The zero-order chi connectivity index (χ0) is 19.4. The molecule has 0 bridgehead atoms. The molecule has 25 heavy (non-hydrogen) atoms. The van der Waals surface area contributed by atoms with Crippen LogP contribution in [0.1, 0.15) is 12.8 Å². The Hall–Kier alpha value is -1.32. The van der Waals surface area contributed by atoms with Crippen LogP contribution in [0.4, 0.5) is 22.0 Å². The molecule has 140 valence electrons. The number of alkyl halides is 5. The number of halogens is 8. The number of benzene rings is 1. The molecule has 0 amide bonds. The molecule has 0 saturated carbocycles. The summed E-state index contributed by atoms with van der Waals surface area (Å²) in [6.07, 6.45) is -7.30. The first kappa shape index (κ1) is 21.7. The monoisotopic (exact) mass is 428 g/mol. The van der Waals surface area contributed by atoms with E-state index >= 15 is 0 Å². The third kappa shape index (κ3) is 6.48. The average Bonchev–Trinajstić information content (AvgIpc) is 2.45. The fourth-order valence-electron chi connectivity index (χ4n) is 1.32. The second-order valence-corrected chi connectivity index (χ2v) is 5.79. The van der Waals surface area contributed by atoms with Crippen molar-refractivity contribution < 1.29 is 41.0 Å². The predicted octanol–water partition coefficient (Wildman–Crippen LogP) is 5.07. The van der Waals surface area contributed by atoms with E-state index in [9.17, 15) is 31.5 Å². The predicted molar refractivity (Wildman–Crippen MR) is 78.3 cm³/mol. The van der Waals surface area contributed by atoms with Crippen LogP contribution in [-0.4, -0.2) is 30.6 Å². The van der Waals surface area contributed by atoms with E-state index in [-0.39, 0.29) is 20.8 Å². The van der Waals surface area contributed by atoms with Gasteiger partial charge in [0.15, 0.2) is 12.4 Å². The van der Waals surface area contributed by atoms with Gasteiger partial charge in [-0.15, -0.1) is 0 Å². The van der Waals surface area contributed by atoms with Crippen molar-refractivity contribution in [1.82, 2.24) is 0 Å². The van der Waals surface area contributed by atoms with E-state index in [4.69, 9.17) is 39.5 Å². The summed E-state index contributed by atoms with van der Waals surface area (Å²) in [5, 5.41) is -0.0274. The minimum Gasteiger partial charge on any atom is -0.459 e. The third-order valence-corrected chi connectivity index (χ3v) is 3.32. The molecule has 1 aromatic rings. The Morgan fingerprint density at radius 1 is 0.920 bits per heavy atom. The maximum Gasteiger partial charge on any atom is 0.456 e. The summed E-state index contributed by atoms with van der Waals surface area (Å²) in [6, 6.07) is 2.45. The highest BCUT2D eigenvalue weighted by Gasteiger charge is 2.58. The summed E-state index contributed by atoms with van der Waals surface area (Å²) in [5.74, 6) is -7.90. The largest absolute Gasteiger partial charge is 0.459 e. The maximum atomic E-state index is 12.6. The smallest absolute Gasteiger partial charge is 0.456 e. The van der Waals surface area contributed by atoms with Gasteiger partial charge in [-0.1, -0.05) is 34.8 Å². The van der Waals surface area contributed by atoms with E-state index in [0.717, 1.165) is 0 Å². The maximum absolute atomic E-state index is 12.6. The molecular formula is C13H8Cl3F5O4. The minimum absolute atomic E-state index is 0.0988. The van der Waals surface area contributed by atoms with Crippen LogP contribution in [0.3, 0.4) is 0 Å². The second kappa shape index (κ2) is 8.37. The number of esters is 2. The van der Waals surface area contributed by atoms with Crippen LogP contribution in [0.5, 0.6) is 5.75 Å². The third-order valence-electron chi connectivity index (χ3n) is 2.54. The van der Waals surface area contributed by atoms with Crippen molar-refractivity contribution in [2.75, 3.05) is 6.61 Å². The van der Waals surface area contributed by atoms with Gasteiger partial charge in [0, 0.05) is 5.02 Å². The van der Waals surface area contributed by atoms with Gasteiger partial charge >= 0.3 is 24.0 Å². The van der Waals surface area contributed by atoms with Crippen LogP contribution in [0.25, 0.3) is 0 Å². The summed E-state index contributed by atoms with van der Waals surface area (Å²) >= 11 is 17.2. The van der Waals surface area contributed by atoms with Gasteiger partial charge in [-0.3, -0.25) is 9.59 Å². The van der Waals surface area contributed by atoms with Crippen molar-refractivity contribution in [3.05, 3.63) is 27.2 Å². The van der Waals surface area contributed by atoms with Crippen molar-refractivity contribution in [3.63, 3.8) is 0 Å². The lowest BCUT2D eigenvalue weighted by Gasteiger charge is -2.18. The van der Waals surface area contributed by atoms with Gasteiger partial charge in [0.25, 0.3) is 0 Å². The molecule has 12 heteroatoms. The molecule has 1 aromatic carbocycles. The van der Waals surface area contributed by atoms with Crippen molar-refractivity contribution in [1.29, 1.82) is 0 Å². The van der Waals surface area contributed by atoms with Crippen LogP contribution in [0.15, 0.2) is 12.1 Å². The van der Waals surface area contributed by atoms with Crippen molar-refractivity contribution in [2.24, 2.45) is 0 Å². The number of ether oxygens (including phenoxy) is 2. The van der Waals surface area contributed by atoms with Crippen LogP contribution < -0.4 is 4.74 Å². The van der Waals surface area contributed by atoms with Gasteiger partial charge in [-0.05, 0) is 12.1 Å².